The molecule has 0 saturated carbocycles. The van der Waals surface area contributed by atoms with Crippen molar-refractivity contribution in [1.29, 1.82) is 0 Å². The van der Waals surface area contributed by atoms with Crippen molar-refractivity contribution >= 4 is 11.6 Å². The van der Waals surface area contributed by atoms with Crippen molar-refractivity contribution in [3.63, 3.8) is 0 Å². The van der Waals surface area contributed by atoms with Crippen LogP contribution in [0.4, 0.5) is 0 Å². The van der Waals surface area contributed by atoms with Crippen molar-refractivity contribution in [1.82, 2.24) is 4.90 Å². The predicted molar refractivity (Wildman–Crippen MR) is 88.9 cm³/mol. The lowest BCUT2D eigenvalue weighted by molar-refractivity contribution is 0.0657. The molecule has 0 fully saturated rings. The third-order valence-corrected chi connectivity index (χ3v) is 3.60. The second-order valence-corrected chi connectivity index (χ2v) is 5.44. The maximum atomic E-state index is 6.15. The molecule has 0 bridgehead atoms. The van der Waals surface area contributed by atoms with E-state index in [-0.39, 0.29) is 6.10 Å². The Bertz CT molecular complexity index is 464. The van der Waals surface area contributed by atoms with Crippen molar-refractivity contribution in [3.8, 4) is 0 Å². The Morgan fingerprint density at radius 1 is 0.905 bits per heavy atom. The van der Waals surface area contributed by atoms with Gasteiger partial charge in [0, 0.05) is 19.0 Å². The lowest BCUT2D eigenvalue weighted by Gasteiger charge is -2.21. The SMILES string of the molecule is CN(CCCl)CCOC(c1ccccc1)c1ccccc1. The quantitative estimate of drug-likeness (QED) is 0.684. The minimum atomic E-state index is -0.0169. The first-order valence-electron chi connectivity index (χ1n) is 7.27. The molecule has 0 saturated heterocycles. The van der Waals surface area contributed by atoms with Crippen molar-refractivity contribution < 1.29 is 4.74 Å². The molecule has 0 atom stereocenters. The number of hydrogen-bond donors (Lipinski definition) is 0. The molecule has 21 heavy (non-hydrogen) atoms. The first-order valence-corrected chi connectivity index (χ1v) is 7.80. The van der Waals surface area contributed by atoms with Gasteiger partial charge in [0.2, 0.25) is 0 Å². The van der Waals surface area contributed by atoms with Crippen molar-refractivity contribution in [2.45, 2.75) is 6.10 Å². The van der Waals surface area contributed by atoms with E-state index in [0.29, 0.717) is 12.5 Å². The first-order chi connectivity index (χ1) is 10.3. The standard InChI is InChI=1S/C18H22ClNO/c1-20(13-12-19)14-15-21-18(16-8-4-2-5-9-16)17-10-6-3-7-11-17/h2-11,18H,12-15H2,1H3. The van der Waals surface area contributed by atoms with Crippen LogP contribution in [0, 0.1) is 0 Å². The summed E-state index contributed by atoms with van der Waals surface area (Å²) in [7, 11) is 2.06. The molecule has 0 N–H and O–H groups in total. The van der Waals surface area contributed by atoms with E-state index in [1.54, 1.807) is 0 Å². The third kappa shape index (κ3) is 5.16. The Hall–Kier alpha value is -1.35. The van der Waals surface area contributed by atoms with Crippen LogP contribution >= 0.6 is 11.6 Å². The van der Waals surface area contributed by atoms with E-state index in [1.165, 1.54) is 11.1 Å². The summed E-state index contributed by atoms with van der Waals surface area (Å²) in [5.74, 6) is 0.650. The van der Waals surface area contributed by atoms with Crippen LogP contribution < -0.4 is 0 Å². The van der Waals surface area contributed by atoms with Crippen molar-refractivity contribution in [2.24, 2.45) is 0 Å². The minimum Gasteiger partial charge on any atom is -0.367 e. The molecule has 0 radical (unpaired) electrons. The molecular weight excluding hydrogens is 282 g/mol. The van der Waals surface area contributed by atoms with Gasteiger partial charge in [0.15, 0.2) is 0 Å². The highest BCUT2D eigenvalue weighted by Gasteiger charge is 2.14. The Balaban J connectivity index is 2.04. The summed E-state index contributed by atoms with van der Waals surface area (Å²) >= 11 is 5.75. The molecule has 2 nitrogen and oxygen atoms in total. The number of ether oxygens (including phenoxy) is 1. The highest BCUT2D eigenvalue weighted by molar-refractivity contribution is 6.18. The summed E-state index contributed by atoms with van der Waals surface area (Å²) < 4.78 is 6.15. The third-order valence-electron chi connectivity index (χ3n) is 3.43. The fourth-order valence-corrected chi connectivity index (χ4v) is 2.51. The zero-order valence-corrected chi connectivity index (χ0v) is 13.2. The highest BCUT2D eigenvalue weighted by atomic mass is 35.5. The van der Waals surface area contributed by atoms with Gasteiger partial charge in [-0.1, -0.05) is 60.7 Å². The fourth-order valence-electron chi connectivity index (χ4n) is 2.22. The topological polar surface area (TPSA) is 12.5 Å². The second kappa shape index (κ2) is 8.83. The molecule has 2 aromatic carbocycles. The molecule has 112 valence electrons. The van der Waals surface area contributed by atoms with E-state index in [1.807, 2.05) is 36.4 Å². The van der Waals surface area contributed by atoms with Crippen LogP contribution in [-0.4, -0.2) is 37.5 Å². The Kier molecular flexibility index (Phi) is 6.74. The molecule has 3 heteroatoms. The number of halogens is 1. The van der Waals surface area contributed by atoms with Gasteiger partial charge in [0.25, 0.3) is 0 Å². The first kappa shape index (κ1) is 16.0. The molecule has 0 spiro atoms. The number of hydrogen-bond acceptors (Lipinski definition) is 2. The molecule has 0 unspecified atom stereocenters. The fraction of sp³-hybridized carbons (Fsp3) is 0.333. The molecular formula is C18H22ClNO. The monoisotopic (exact) mass is 303 g/mol. The summed E-state index contributed by atoms with van der Waals surface area (Å²) in [6.45, 7) is 2.44. The molecule has 0 aromatic heterocycles. The molecule has 2 aromatic rings. The number of likely N-dealkylation sites (N-methyl/N-ethyl adjacent to an activating group) is 1. The Morgan fingerprint density at radius 2 is 1.43 bits per heavy atom. The van der Waals surface area contributed by atoms with Gasteiger partial charge in [-0.25, -0.2) is 0 Å². The van der Waals surface area contributed by atoms with E-state index in [0.717, 1.165) is 13.1 Å². The Labute approximate surface area is 132 Å². The normalized spacial score (nSPS) is 11.2. The molecule has 0 aliphatic heterocycles. The van der Waals surface area contributed by atoms with E-state index in [9.17, 15) is 0 Å². The van der Waals surface area contributed by atoms with Crippen molar-refractivity contribution in [2.75, 3.05) is 32.6 Å². The van der Waals surface area contributed by atoms with Crippen LogP contribution in [0.15, 0.2) is 60.7 Å². The van der Waals surface area contributed by atoms with E-state index in [4.69, 9.17) is 16.3 Å². The van der Waals surface area contributed by atoms with E-state index in [2.05, 4.69) is 36.2 Å². The number of benzene rings is 2. The summed E-state index contributed by atoms with van der Waals surface area (Å²) in [6.07, 6.45) is -0.0169. The summed E-state index contributed by atoms with van der Waals surface area (Å²) in [4.78, 5) is 2.18. The van der Waals surface area contributed by atoms with Crippen LogP contribution in [0.1, 0.15) is 17.2 Å². The smallest absolute Gasteiger partial charge is 0.108 e. The van der Waals surface area contributed by atoms with E-state index < -0.39 is 0 Å². The zero-order valence-electron chi connectivity index (χ0n) is 12.4. The molecule has 0 amide bonds. The van der Waals surface area contributed by atoms with Gasteiger partial charge in [-0.2, -0.15) is 0 Å². The van der Waals surface area contributed by atoms with Gasteiger partial charge < -0.3 is 9.64 Å². The number of rotatable bonds is 8. The van der Waals surface area contributed by atoms with Crippen LogP contribution in [0.2, 0.25) is 0 Å². The largest absolute Gasteiger partial charge is 0.367 e. The summed E-state index contributed by atoms with van der Waals surface area (Å²) in [5, 5.41) is 0. The average molecular weight is 304 g/mol. The lowest BCUT2D eigenvalue weighted by atomic mass is 10.0. The summed E-state index contributed by atoms with van der Waals surface area (Å²) in [5.41, 5.74) is 2.37. The van der Waals surface area contributed by atoms with Gasteiger partial charge in [-0.15, -0.1) is 11.6 Å². The summed E-state index contributed by atoms with van der Waals surface area (Å²) in [6, 6.07) is 20.7. The molecule has 2 rings (SSSR count). The van der Waals surface area contributed by atoms with E-state index >= 15 is 0 Å². The number of alkyl halides is 1. The van der Waals surface area contributed by atoms with Crippen LogP contribution in [-0.2, 0) is 4.74 Å². The van der Waals surface area contributed by atoms with Gasteiger partial charge in [-0.3, -0.25) is 0 Å². The van der Waals surface area contributed by atoms with Gasteiger partial charge >= 0.3 is 0 Å². The minimum absolute atomic E-state index is 0.0169. The predicted octanol–water partition coefficient (Wildman–Crippen LogP) is 3.96. The molecule has 0 heterocycles. The average Bonchev–Trinajstić information content (AvgIpc) is 2.53. The maximum Gasteiger partial charge on any atom is 0.108 e. The van der Waals surface area contributed by atoms with Gasteiger partial charge in [0.1, 0.15) is 6.10 Å². The van der Waals surface area contributed by atoms with Gasteiger partial charge in [-0.05, 0) is 18.2 Å². The van der Waals surface area contributed by atoms with Crippen LogP contribution in [0.3, 0.4) is 0 Å². The molecule has 0 aliphatic carbocycles. The van der Waals surface area contributed by atoms with Crippen molar-refractivity contribution in [3.05, 3.63) is 71.8 Å². The highest BCUT2D eigenvalue weighted by Crippen LogP contribution is 2.25. The lowest BCUT2D eigenvalue weighted by Crippen LogP contribution is -2.26. The Morgan fingerprint density at radius 3 is 1.90 bits per heavy atom. The zero-order chi connectivity index (χ0) is 14.9. The van der Waals surface area contributed by atoms with Gasteiger partial charge in [0.05, 0.1) is 6.61 Å². The maximum absolute atomic E-state index is 6.15. The number of nitrogens with zero attached hydrogens (tertiary/aromatic N) is 1. The second-order valence-electron chi connectivity index (χ2n) is 5.06. The molecule has 0 aliphatic rings. The van der Waals surface area contributed by atoms with Crippen LogP contribution in [0.5, 0.6) is 0 Å². The van der Waals surface area contributed by atoms with Crippen LogP contribution in [0.25, 0.3) is 0 Å².